The van der Waals surface area contributed by atoms with Gasteiger partial charge in [-0.1, -0.05) is 172 Å². The van der Waals surface area contributed by atoms with Crippen LogP contribution in [0, 0.1) is 0 Å². The standard InChI is InChI=1S/C48H37N3/c1-48(2)42-24-13-12-21-39(42)41-31-37(29-30-43(41)48)32-25-27-33(28-26-32)38-22-14-23-40(44(38)34-15-6-3-7-16-34)47-50-45(35-17-8-4-9-18-35)49-46(51-47)36-19-10-5-11-20-36/h3-11,14-31H,12-13H2,1-2H3. The molecule has 6 aromatic carbocycles. The van der Waals surface area contributed by atoms with E-state index in [9.17, 15) is 0 Å². The molecule has 3 heteroatoms. The number of aromatic nitrogens is 3. The number of hydrogen-bond donors (Lipinski definition) is 0. The van der Waals surface area contributed by atoms with Gasteiger partial charge >= 0.3 is 0 Å². The van der Waals surface area contributed by atoms with Crippen molar-refractivity contribution in [3.05, 3.63) is 181 Å². The molecule has 7 aromatic rings. The van der Waals surface area contributed by atoms with Gasteiger partial charge in [-0.05, 0) is 69.0 Å². The van der Waals surface area contributed by atoms with Crippen molar-refractivity contribution >= 4 is 5.57 Å². The van der Waals surface area contributed by atoms with Crippen LogP contribution < -0.4 is 0 Å². The highest BCUT2D eigenvalue weighted by Crippen LogP contribution is 2.52. The first-order chi connectivity index (χ1) is 25.0. The molecule has 0 bridgehead atoms. The summed E-state index contributed by atoms with van der Waals surface area (Å²) in [6.45, 7) is 4.72. The van der Waals surface area contributed by atoms with Crippen LogP contribution in [0.5, 0.6) is 0 Å². The molecule has 244 valence electrons. The molecule has 2 aliphatic rings. The van der Waals surface area contributed by atoms with Gasteiger partial charge in [0.05, 0.1) is 0 Å². The Balaban J connectivity index is 1.17. The van der Waals surface area contributed by atoms with Crippen molar-refractivity contribution in [1.29, 1.82) is 0 Å². The van der Waals surface area contributed by atoms with Gasteiger partial charge in [-0.2, -0.15) is 0 Å². The summed E-state index contributed by atoms with van der Waals surface area (Å²) >= 11 is 0. The molecule has 3 nitrogen and oxygen atoms in total. The van der Waals surface area contributed by atoms with Gasteiger partial charge in [0.15, 0.2) is 17.5 Å². The quantitative estimate of drug-likeness (QED) is 0.179. The van der Waals surface area contributed by atoms with Crippen LogP contribution in [-0.2, 0) is 5.41 Å². The van der Waals surface area contributed by atoms with Crippen molar-refractivity contribution in [2.24, 2.45) is 0 Å². The van der Waals surface area contributed by atoms with E-state index in [0.717, 1.165) is 51.8 Å². The zero-order valence-corrected chi connectivity index (χ0v) is 28.8. The minimum atomic E-state index is 0.0467. The molecule has 0 N–H and O–H groups in total. The second-order valence-corrected chi connectivity index (χ2v) is 13.9. The van der Waals surface area contributed by atoms with E-state index < -0.39 is 0 Å². The largest absolute Gasteiger partial charge is 0.208 e. The average molecular weight is 656 g/mol. The molecule has 1 heterocycles. The summed E-state index contributed by atoms with van der Waals surface area (Å²) in [5.74, 6) is 1.95. The lowest BCUT2D eigenvalue weighted by Gasteiger charge is -2.23. The number of fused-ring (bicyclic) bond motifs is 3. The molecule has 0 saturated carbocycles. The lowest BCUT2D eigenvalue weighted by atomic mass is 9.80. The molecule has 1 aromatic heterocycles. The van der Waals surface area contributed by atoms with E-state index >= 15 is 0 Å². The number of rotatable bonds is 6. The minimum Gasteiger partial charge on any atom is -0.208 e. The van der Waals surface area contributed by atoms with Crippen LogP contribution in [0.2, 0.25) is 0 Å². The first-order valence-electron chi connectivity index (χ1n) is 17.8. The molecule has 0 aliphatic heterocycles. The van der Waals surface area contributed by atoms with Gasteiger partial charge in [0.1, 0.15) is 0 Å². The van der Waals surface area contributed by atoms with E-state index in [4.69, 9.17) is 15.0 Å². The smallest absolute Gasteiger partial charge is 0.164 e. The second-order valence-electron chi connectivity index (χ2n) is 13.9. The summed E-state index contributed by atoms with van der Waals surface area (Å²) < 4.78 is 0. The molecule has 0 spiro atoms. The van der Waals surface area contributed by atoms with Gasteiger partial charge in [-0.25, -0.2) is 15.0 Å². The fourth-order valence-electron chi connectivity index (χ4n) is 7.83. The third kappa shape index (κ3) is 5.52. The highest BCUT2D eigenvalue weighted by Gasteiger charge is 2.38. The van der Waals surface area contributed by atoms with Crippen LogP contribution in [0.4, 0.5) is 0 Å². The highest BCUT2D eigenvalue weighted by molar-refractivity contribution is 5.95. The lowest BCUT2D eigenvalue weighted by molar-refractivity contribution is 0.654. The Morgan fingerprint density at radius 3 is 1.59 bits per heavy atom. The maximum atomic E-state index is 5.11. The third-order valence-electron chi connectivity index (χ3n) is 10.4. The fraction of sp³-hybridized carbons (Fsp3) is 0.104. The topological polar surface area (TPSA) is 38.7 Å². The Kier molecular flexibility index (Phi) is 7.62. The average Bonchev–Trinajstić information content (AvgIpc) is 3.44. The SMILES string of the molecule is CC1(C)C2=CCCC=C2c2cc(-c3ccc(-c4cccc(-c5nc(-c6ccccc6)nc(-c6ccccc6)n5)c4-c4ccccc4)cc3)ccc21. The Morgan fingerprint density at radius 1 is 0.412 bits per heavy atom. The predicted octanol–water partition coefficient (Wildman–Crippen LogP) is 12.3. The number of nitrogens with zero attached hydrogens (tertiary/aromatic N) is 3. The van der Waals surface area contributed by atoms with E-state index in [0.29, 0.717) is 17.5 Å². The van der Waals surface area contributed by atoms with Crippen LogP contribution in [0.3, 0.4) is 0 Å². The van der Waals surface area contributed by atoms with Gasteiger partial charge in [0, 0.05) is 27.7 Å². The lowest BCUT2D eigenvalue weighted by Crippen LogP contribution is -2.15. The zero-order valence-electron chi connectivity index (χ0n) is 28.8. The fourth-order valence-corrected chi connectivity index (χ4v) is 7.83. The molecule has 2 aliphatic carbocycles. The van der Waals surface area contributed by atoms with Crippen LogP contribution in [0.25, 0.3) is 73.1 Å². The van der Waals surface area contributed by atoms with E-state index in [1.165, 1.54) is 33.4 Å². The summed E-state index contributed by atoms with van der Waals surface area (Å²) in [6.07, 6.45) is 7.13. The first-order valence-corrected chi connectivity index (χ1v) is 17.8. The van der Waals surface area contributed by atoms with Crippen molar-refractivity contribution in [2.75, 3.05) is 0 Å². The van der Waals surface area contributed by atoms with Gasteiger partial charge in [-0.3, -0.25) is 0 Å². The molecule has 0 saturated heterocycles. The van der Waals surface area contributed by atoms with Crippen molar-refractivity contribution in [2.45, 2.75) is 32.1 Å². The van der Waals surface area contributed by atoms with E-state index in [-0.39, 0.29) is 5.41 Å². The van der Waals surface area contributed by atoms with E-state index in [1.54, 1.807) is 0 Å². The molecule has 9 rings (SSSR count). The maximum absolute atomic E-state index is 5.11. The molecule has 0 atom stereocenters. The van der Waals surface area contributed by atoms with Crippen LogP contribution >= 0.6 is 0 Å². The molecular weight excluding hydrogens is 619 g/mol. The normalized spacial score (nSPS) is 14.3. The number of benzene rings is 6. The Labute approximate surface area is 299 Å². The van der Waals surface area contributed by atoms with Gasteiger partial charge < -0.3 is 0 Å². The van der Waals surface area contributed by atoms with E-state index in [2.05, 4.69) is 117 Å². The summed E-state index contributed by atoms with van der Waals surface area (Å²) in [4.78, 5) is 15.2. The van der Waals surface area contributed by atoms with Crippen LogP contribution in [0.1, 0.15) is 37.8 Å². The van der Waals surface area contributed by atoms with Crippen molar-refractivity contribution in [1.82, 2.24) is 15.0 Å². The maximum Gasteiger partial charge on any atom is 0.164 e. The monoisotopic (exact) mass is 655 g/mol. The summed E-state index contributed by atoms with van der Waals surface area (Å²) in [6, 6.07) is 53.4. The predicted molar refractivity (Wildman–Crippen MR) is 211 cm³/mol. The number of allylic oxidation sites excluding steroid dienone is 4. The molecule has 0 amide bonds. The van der Waals surface area contributed by atoms with Crippen molar-refractivity contribution in [3.63, 3.8) is 0 Å². The summed E-state index contributed by atoms with van der Waals surface area (Å²) in [7, 11) is 0. The number of hydrogen-bond acceptors (Lipinski definition) is 3. The highest BCUT2D eigenvalue weighted by atomic mass is 15.0. The third-order valence-corrected chi connectivity index (χ3v) is 10.4. The van der Waals surface area contributed by atoms with Crippen LogP contribution in [0.15, 0.2) is 169 Å². The molecule has 0 fully saturated rings. The minimum absolute atomic E-state index is 0.0467. The van der Waals surface area contributed by atoms with Crippen molar-refractivity contribution in [3.8, 4) is 67.5 Å². The van der Waals surface area contributed by atoms with Gasteiger partial charge in [0.25, 0.3) is 0 Å². The molecule has 0 unspecified atom stereocenters. The zero-order chi connectivity index (χ0) is 34.4. The van der Waals surface area contributed by atoms with Crippen LogP contribution in [-0.4, -0.2) is 15.0 Å². The molecular formula is C48H37N3. The first kappa shape index (κ1) is 30.8. The summed E-state index contributed by atoms with van der Waals surface area (Å²) in [5.41, 5.74) is 15.6. The Bertz CT molecular complexity index is 2400. The van der Waals surface area contributed by atoms with Gasteiger partial charge in [0.2, 0.25) is 0 Å². The molecule has 0 radical (unpaired) electrons. The van der Waals surface area contributed by atoms with E-state index in [1.807, 2.05) is 60.7 Å². The Hall–Kier alpha value is -6.19. The summed E-state index contributed by atoms with van der Waals surface area (Å²) in [5, 5.41) is 0. The van der Waals surface area contributed by atoms with Crippen molar-refractivity contribution < 1.29 is 0 Å². The second kappa shape index (κ2) is 12.6. The molecule has 51 heavy (non-hydrogen) atoms. The van der Waals surface area contributed by atoms with Gasteiger partial charge in [-0.15, -0.1) is 0 Å². The Morgan fingerprint density at radius 2 is 0.941 bits per heavy atom.